The second kappa shape index (κ2) is 7.04. The Morgan fingerprint density at radius 3 is 2.48 bits per heavy atom. The Hall–Kier alpha value is -3.70. The number of ether oxygens (including phenoxy) is 1. The minimum absolute atomic E-state index is 0.243. The highest BCUT2D eigenvalue weighted by Crippen LogP contribution is 2.31. The summed E-state index contributed by atoms with van der Waals surface area (Å²) < 4.78 is 10.8. The number of esters is 1. The molecule has 0 unspecified atom stereocenters. The summed E-state index contributed by atoms with van der Waals surface area (Å²) >= 11 is 5.97. The molecule has 5 nitrogen and oxygen atoms in total. The summed E-state index contributed by atoms with van der Waals surface area (Å²) in [5.74, 6) is 0.460. The van der Waals surface area contributed by atoms with E-state index in [9.17, 15) is 4.79 Å². The topological polar surface area (TPSA) is 64.7 Å². The first-order valence-electron chi connectivity index (χ1n) is 8.91. The highest BCUT2D eigenvalue weighted by molar-refractivity contribution is 6.30. The Kier molecular flexibility index (Phi) is 4.22. The number of carbonyl (C=O) groups is 1. The lowest BCUT2D eigenvalue weighted by Gasteiger charge is -1.99. The lowest BCUT2D eigenvalue weighted by atomic mass is 10.1. The van der Waals surface area contributed by atoms with Crippen molar-refractivity contribution in [3.05, 3.63) is 94.6 Å². The molecular weight excluding hydrogens is 388 g/mol. The van der Waals surface area contributed by atoms with Gasteiger partial charge in [0.05, 0.1) is 5.39 Å². The quantitative estimate of drug-likeness (QED) is 0.337. The first kappa shape index (κ1) is 17.4. The van der Waals surface area contributed by atoms with Gasteiger partial charge in [0.2, 0.25) is 5.90 Å². The van der Waals surface area contributed by atoms with Crippen molar-refractivity contribution in [2.75, 3.05) is 0 Å². The molecule has 4 aromatic rings. The van der Waals surface area contributed by atoms with E-state index in [4.69, 9.17) is 20.9 Å². The number of hydrogen-bond donors (Lipinski definition) is 0. The van der Waals surface area contributed by atoms with Crippen molar-refractivity contribution in [1.82, 2.24) is 5.16 Å². The Balaban J connectivity index is 1.54. The van der Waals surface area contributed by atoms with Gasteiger partial charge in [-0.1, -0.05) is 41.0 Å². The Bertz CT molecular complexity index is 1290. The second-order valence-corrected chi connectivity index (χ2v) is 6.93. The molecule has 3 aromatic carbocycles. The lowest BCUT2D eigenvalue weighted by Crippen LogP contribution is -2.04. The summed E-state index contributed by atoms with van der Waals surface area (Å²) in [5, 5.41) is 5.59. The van der Waals surface area contributed by atoms with Crippen LogP contribution in [-0.4, -0.2) is 17.0 Å². The molecule has 0 N–H and O–H groups in total. The third-order valence-corrected chi connectivity index (χ3v) is 4.80. The molecule has 0 saturated carbocycles. The second-order valence-electron chi connectivity index (χ2n) is 6.50. The van der Waals surface area contributed by atoms with Gasteiger partial charge >= 0.3 is 5.97 Å². The molecule has 29 heavy (non-hydrogen) atoms. The number of carbonyl (C=O) groups excluding carboxylic acids is 1. The van der Waals surface area contributed by atoms with E-state index in [2.05, 4.69) is 10.1 Å². The standard InChI is InChI=1S/C23H13ClN2O3/c24-17-9-7-15(8-10-17)21-18-12-14(6-11-19(18)26-29-21)13-20-23(27)28-22(25-20)16-4-2-1-3-5-16/h1-13H/b20-13+. The average Bonchev–Trinajstić information content (AvgIpc) is 3.33. The SMILES string of the molecule is O=C1OC(c2ccccc2)=N/C1=C/c1ccc2noc(-c3ccc(Cl)cc3)c2c1. The van der Waals surface area contributed by atoms with Crippen LogP contribution in [0.3, 0.4) is 0 Å². The van der Waals surface area contributed by atoms with Gasteiger partial charge in [0.15, 0.2) is 11.5 Å². The maximum Gasteiger partial charge on any atom is 0.363 e. The van der Waals surface area contributed by atoms with Gasteiger partial charge in [0.1, 0.15) is 5.52 Å². The van der Waals surface area contributed by atoms with Gasteiger partial charge in [-0.05, 0) is 60.2 Å². The Morgan fingerprint density at radius 2 is 1.69 bits per heavy atom. The first-order chi connectivity index (χ1) is 14.2. The lowest BCUT2D eigenvalue weighted by molar-refractivity contribution is -0.129. The van der Waals surface area contributed by atoms with E-state index in [1.807, 2.05) is 60.7 Å². The van der Waals surface area contributed by atoms with Gasteiger partial charge in [-0.15, -0.1) is 0 Å². The highest BCUT2D eigenvalue weighted by Gasteiger charge is 2.24. The van der Waals surface area contributed by atoms with E-state index in [0.29, 0.717) is 16.7 Å². The van der Waals surface area contributed by atoms with Crippen molar-refractivity contribution < 1.29 is 14.1 Å². The zero-order valence-electron chi connectivity index (χ0n) is 15.0. The number of fused-ring (bicyclic) bond motifs is 1. The molecule has 1 aromatic heterocycles. The molecule has 1 aliphatic rings. The number of nitrogens with zero attached hydrogens (tertiary/aromatic N) is 2. The number of hydrogen-bond acceptors (Lipinski definition) is 5. The predicted molar refractivity (Wildman–Crippen MR) is 112 cm³/mol. The zero-order chi connectivity index (χ0) is 19.8. The number of cyclic esters (lactones) is 1. The van der Waals surface area contributed by atoms with Crippen LogP contribution in [0, 0.1) is 0 Å². The van der Waals surface area contributed by atoms with E-state index >= 15 is 0 Å². The van der Waals surface area contributed by atoms with E-state index < -0.39 is 5.97 Å². The highest BCUT2D eigenvalue weighted by atomic mass is 35.5. The molecule has 0 amide bonds. The van der Waals surface area contributed by atoms with E-state index in [1.54, 1.807) is 18.2 Å². The fourth-order valence-corrected chi connectivity index (χ4v) is 3.26. The molecular formula is C23H13ClN2O3. The third-order valence-electron chi connectivity index (χ3n) is 4.55. The Morgan fingerprint density at radius 1 is 0.897 bits per heavy atom. The van der Waals surface area contributed by atoms with Crippen LogP contribution in [0.5, 0.6) is 0 Å². The summed E-state index contributed by atoms with van der Waals surface area (Å²) in [7, 11) is 0. The van der Waals surface area contributed by atoms with Crippen molar-refractivity contribution in [2.24, 2.45) is 4.99 Å². The largest absolute Gasteiger partial charge is 0.402 e. The molecule has 140 valence electrons. The number of aliphatic imine (C=N–C) groups is 1. The molecule has 0 fully saturated rings. The smallest absolute Gasteiger partial charge is 0.363 e. The van der Waals surface area contributed by atoms with Gasteiger partial charge in [-0.25, -0.2) is 9.79 Å². The van der Waals surface area contributed by atoms with Crippen LogP contribution < -0.4 is 0 Å². The summed E-state index contributed by atoms with van der Waals surface area (Å²) in [4.78, 5) is 16.6. The summed E-state index contributed by atoms with van der Waals surface area (Å²) in [5.41, 5.74) is 3.38. The van der Waals surface area contributed by atoms with Crippen LogP contribution in [0.2, 0.25) is 5.02 Å². The molecule has 0 atom stereocenters. The molecule has 0 radical (unpaired) electrons. The van der Waals surface area contributed by atoms with Crippen molar-refractivity contribution >= 4 is 40.4 Å². The van der Waals surface area contributed by atoms with Crippen LogP contribution in [0.25, 0.3) is 28.3 Å². The average molecular weight is 401 g/mol. The van der Waals surface area contributed by atoms with Crippen LogP contribution in [-0.2, 0) is 9.53 Å². The summed E-state index contributed by atoms with van der Waals surface area (Å²) in [6.45, 7) is 0. The number of benzene rings is 3. The molecule has 2 heterocycles. The third kappa shape index (κ3) is 3.32. The maximum absolute atomic E-state index is 12.2. The number of rotatable bonds is 3. The van der Waals surface area contributed by atoms with Gasteiger partial charge in [-0.2, -0.15) is 0 Å². The normalized spacial score (nSPS) is 15.0. The molecule has 0 aliphatic carbocycles. The fourth-order valence-electron chi connectivity index (χ4n) is 3.13. The van der Waals surface area contributed by atoms with E-state index in [-0.39, 0.29) is 5.70 Å². The van der Waals surface area contributed by atoms with Crippen molar-refractivity contribution in [3.8, 4) is 11.3 Å². The van der Waals surface area contributed by atoms with E-state index in [0.717, 1.165) is 27.6 Å². The molecule has 1 aliphatic heterocycles. The maximum atomic E-state index is 12.2. The van der Waals surface area contributed by atoms with E-state index in [1.165, 1.54) is 0 Å². The molecule has 0 spiro atoms. The van der Waals surface area contributed by atoms with Crippen LogP contribution >= 0.6 is 11.6 Å². The van der Waals surface area contributed by atoms with Crippen molar-refractivity contribution in [1.29, 1.82) is 0 Å². The van der Waals surface area contributed by atoms with Crippen molar-refractivity contribution in [2.45, 2.75) is 0 Å². The number of halogens is 1. The molecule has 0 bridgehead atoms. The van der Waals surface area contributed by atoms with Crippen LogP contribution in [0.15, 0.2) is 88.0 Å². The van der Waals surface area contributed by atoms with Gasteiger partial charge in [-0.3, -0.25) is 0 Å². The fraction of sp³-hybridized carbons (Fsp3) is 0. The van der Waals surface area contributed by atoms with Gasteiger partial charge in [0, 0.05) is 16.1 Å². The molecule has 5 rings (SSSR count). The predicted octanol–water partition coefficient (Wildman–Crippen LogP) is 5.49. The van der Waals surface area contributed by atoms with Crippen LogP contribution in [0.1, 0.15) is 11.1 Å². The molecule has 0 saturated heterocycles. The summed E-state index contributed by atoms with van der Waals surface area (Å²) in [6, 6.07) is 22.3. The molecule has 6 heteroatoms. The number of aromatic nitrogens is 1. The van der Waals surface area contributed by atoms with Gasteiger partial charge in [0.25, 0.3) is 0 Å². The monoisotopic (exact) mass is 400 g/mol. The Labute approximate surface area is 170 Å². The van der Waals surface area contributed by atoms with Crippen LogP contribution in [0.4, 0.5) is 0 Å². The minimum Gasteiger partial charge on any atom is -0.402 e. The zero-order valence-corrected chi connectivity index (χ0v) is 15.8. The van der Waals surface area contributed by atoms with Gasteiger partial charge < -0.3 is 9.26 Å². The minimum atomic E-state index is -0.479. The summed E-state index contributed by atoms with van der Waals surface area (Å²) in [6.07, 6.45) is 1.69. The first-order valence-corrected chi connectivity index (χ1v) is 9.28. The van der Waals surface area contributed by atoms with Crippen molar-refractivity contribution in [3.63, 3.8) is 0 Å².